The summed E-state index contributed by atoms with van der Waals surface area (Å²) < 4.78 is 0. The van der Waals surface area contributed by atoms with E-state index in [0.29, 0.717) is 39.7 Å². The lowest BCUT2D eigenvalue weighted by Gasteiger charge is -2.06. The van der Waals surface area contributed by atoms with Gasteiger partial charge in [-0.05, 0) is 29.8 Å². The summed E-state index contributed by atoms with van der Waals surface area (Å²) in [6.45, 7) is 0. The summed E-state index contributed by atoms with van der Waals surface area (Å²) in [5.74, 6) is 0. The number of aldehydes is 1. The molecule has 0 saturated carbocycles. The number of pyridine rings is 1. The molecule has 0 radical (unpaired) electrons. The van der Waals surface area contributed by atoms with Crippen molar-refractivity contribution >= 4 is 35.2 Å². The van der Waals surface area contributed by atoms with E-state index in [2.05, 4.69) is 10.1 Å². The lowest BCUT2D eigenvalue weighted by atomic mass is 10.1. The fraction of sp³-hybridized carbons (Fsp3) is 0.0714. The van der Waals surface area contributed by atoms with Gasteiger partial charge in [-0.3, -0.25) is 9.78 Å². The van der Waals surface area contributed by atoms with Crippen molar-refractivity contribution in [3.05, 3.63) is 63.4 Å². The first-order valence-electron chi connectivity index (χ1n) is 5.70. The minimum atomic E-state index is 0.322. The monoisotopic (exact) mass is 308 g/mol. The van der Waals surface area contributed by atoms with E-state index in [-0.39, 0.29) is 0 Å². The van der Waals surface area contributed by atoms with Crippen LogP contribution in [0.4, 0.5) is 0 Å². The van der Waals surface area contributed by atoms with Gasteiger partial charge in [-0.1, -0.05) is 34.4 Å². The number of rotatable bonds is 4. The third-order valence-corrected chi connectivity index (χ3v) is 3.43. The second-order valence-corrected chi connectivity index (χ2v) is 4.88. The molecule has 0 fully saturated rings. The number of hydrogen-bond acceptors (Lipinski definition) is 4. The zero-order valence-electron chi connectivity index (χ0n) is 10.3. The maximum absolute atomic E-state index is 10.7. The Balaban J connectivity index is 2.29. The van der Waals surface area contributed by atoms with Gasteiger partial charge >= 0.3 is 0 Å². The number of aromatic nitrogens is 1. The van der Waals surface area contributed by atoms with Gasteiger partial charge in [0.15, 0.2) is 0 Å². The molecule has 0 aliphatic rings. The van der Waals surface area contributed by atoms with Crippen LogP contribution in [0.15, 0.2) is 41.7 Å². The standard InChI is InChI=1S/C14H10Cl2N2O2/c15-11-2-1-9(5-12(11)16)6-14(18-20)13-7-10(8-19)3-4-17-13/h1-5,7-8,20H,6H2/b18-14+. The van der Waals surface area contributed by atoms with Crippen LogP contribution in [0.1, 0.15) is 21.6 Å². The number of carbonyl (C=O) groups excluding carboxylic acids is 1. The average molecular weight is 309 g/mol. The molecule has 0 unspecified atom stereocenters. The number of halogens is 2. The van der Waals surface area contributed by atoms with Crippen molar-refractivity contribution < 1.29 is 10.0 Å². The molecule has 0 spiro atoms. The SMILES string of the molecule is O=Cc1ccnc(/C(Cc2ccc(Cl)c(Cl)c2)=N/O)c1. The highest BCUT2D eigenvalue weighted by Gasteiger charge is 2.09. The van der Waals surface area contributed by atoms with Crippen LogP contribution in [0.2, 0.25) is 10.0 Å². The van der Waals surface area contributed by atoms with Gasteiger partial charge < -0.3 is 5.21 Å². The summed E-state index contributed by atoms with van der Waals surface area (Å²) in [7, 11) is 0. The Labute approximate surface area is 125 Å². The highest BCUT2D eigenvalue weighted by Crippen LogP contribution is 2.23. The normalized spacial score (nSPS) is 11.4. The van der Waals surface area contributed by atoms with Crippen molar-refractivity contribution in [2.75, 3.05) is 0 Å². The van der Waals surface area contributed by atoms with Crippen molar-refractivity contribution in [1.29, 1.82) is 0 Å². The molecular weight excluding hydrogens is 299 g/mol. The van der Waals surface area contributed by atoms with Gasteiger partial charge in [-0.15, -0.1) is 0 Å². The fourth-order valence-electron chi connectivity index (χ4n) is 1.70. The van der Waals surface area contributed by atoms with E-state index in [1.165, 1.54) is 6.20 Å². The molecule has 0 bridgehead atoms. The Kier molecular flexibility index (Phi) is 4.71. The first-order valence-corrected chi connectivity index (χ1v) is 6.46. The Morgan fingerprint density at radius 3 is 2.70 bits per heavy atom. The Morgan fingerprint density at radius 1 is 1.25 bits per heavy atom. The van der Waals surface area contributed by atoms with Crippen LogP contribution < -0.4 is 0 Å². The van der Waals surface area contributed by atoms with Crippen LogP contribution in [-0.4, -0.2) is 22.2 Å². The molecule has 0 aliphatic heterocycles. The Bertz CT molecular complexity index is 672. The first kappa shape index (κ1) is 14.5. The second-order valence-electron chi connectivity index (χ2n) is 4.06. The minimum absolute atomic E-state index is 0.322. The van der Waals surface area contributed by atoms with Gasteiger partial charge in [0.2, 0.25) is 0 Å². The van der Waals surface area contributed by atoms with Crippen molar-refractivity contribution in [2.45, 2.75) is 6.42 Å². The van der Waals surface area contributed by atoms with E-state index >= 15 is 0 Å². The van der Waals surface area contributed by atoms with Gasteiger partial charge in [0.05, 0.1) is 15.7 Å². The van der Waals surface area contributed by atoms with Gasteiger partial charge in [-0.2, -0.15) is 0 Å². The van der Waals surface area contributed by atoms with Gasteiger partial charge in [0, 0.05) is 18.2 Å². The van der Waals surface area contributed by atoms with E-state index in [9.17, 15) is 4.79 Å². The summed E-state index contributed by atoms with van der Waals surface area (Å²) in [5, 5.41) is 13.3. The molecule has 0 aliphatic carbocycles. The number of benzene rings is 1. The fourth-order valence-corrected chi connectivity index (χ4v) is 2.02. The van der Waals surface area contributed by atoms with Crippen LogP contribution >= 0.6 is 23.2 Å². The van der Waals surface area contributed by atoms with Crippen LogP contribution in [0, 0.1) is 0 Å². The lowest BCUT2D eigenvalue weighted by molar-refractivity contribution is 0.112. The third kappa shape index (κ3) is 3.35. The van der Waals surface area contributed by atoms with E-state index in [0.717, 1.165) is 5.56 Å². The highest BCUT2D eigenvalue weighted by molar-refractivity contribution is 6.42. The number of oxime groups is 1. The zero-order valence-corrected chi connectivity index (χ0v) is 11.8. The number of hydrogen-bond donors (Lipinski definition) is 1. The largest absolute Gasteiger partial charge is 0.411 e. The van der Waals surface area contributed by atoms with Crippen molar-refractivity contribution in [2.24, 2.45) is 5.16 Å². The smallest absolute Gasteiger partial charge is 0.150 e. The van der Waals surface area contributed by atoms with E-state index in [4.69, 9.17) is 28.4 Å². The van der Waals surface area contributed by atoms with Gasteiger partial charge in [0.1, 0.15) is 12.0 Å². The Morgan fingerprint density at radius 2 is 2.05 bits per heavy atom. The van der Waals surface area contributed by atoms with E-state index in [1.54, 1.807) is 30.3 Å². The summed E-state index contributed by atoms with van der Waals surface area (Å²) in [4.78, 5) is 14.8. The molecule has 20 heavy (non-hydrogen) atoms. The van der Waals surface area contributed by atoms with Crippen LogP contribution in [-0.2, 0) is 6.42 Å². The van der Waals surface area contributed by atoms with E-state index in [1.807, 2.05) is 0 Å². The summed E-state index contributed by atoms with van der Waals surface area (Å²) in [5.41, 5.74) is 2.06. The molecule has 1 heterocycles. The molecule has 2 rings (SSSR count). The molecule has 0 amide bonds. The third-order valence-electron chi connectivity index (χ3n) is 2.69. The molecule has 1 N–H and O–H groups in total. The molecule has 4 nitrogen and oxygen atoms in total. The van der Waals surface area contributed by atoms with Crippen molar-refractivity contribution in [3.63, 3.8) is 0 Å². The topological polar surface area (TPSA) is 62.5 Å². The van der Waals surface area contributed by atoms with Gasteiger partial charge in [0.25, 0.3) is 0 Å². The molecule has 2 aromatic rings. The molecule has 102 valence electrons. The predicted molar refractivity (Wildman–Crippen MR) is 78.1 cm³/mol. The lowest BCUT2D eigenvalue weighted by Crippen LogP contribution is -2.08. The second kappa shape index (κ2) is 6.50. The first-order chi connectivity index (χ1) is 9.63. The molecular formula is C14H10Cl2N2O2. The predicted octanol–water partition coefficient (Wildman–Crippen LogP) is 3.62. The Hall–Kier alpha value is -1.91. The summed E-state index contributed by atoms with van der Waals surface area (Å²) in [6.07, 6.45) is 2.51. The maximum Gasteiger partial charge on any atom is 0.150 e. The van der Waals surface area contributed by atoms with Crippen LogP contribution in [0.25, 0.3) is 0 Å². The average Bonchev–Trinajstić information content (AvgIpc) is 2.48. The van der Waals surface area contributed by atoms with Crippen LogP contribution in [0.5, 0.6) is 0 Å². The zero-order chi connectivity index (χ0) is 14.5. The summed E-state index contributed by atoms with van der Waals surface area (Å²) in [6, 6.07) is 8.27. The van der Waals surface area contributed by atoms with Crippen molar-refractivity contribution in [3.8, 4) is 0 Å². The summed E-state index contributed by atoms with van der Waals surface area (Å²) >= 11 is 11.8. The molecule has 0 atom stereocenters. The molecule has 1 aromatic heterocycles. The van der Waals surface area contributed by atoms with Crippen LogP contribution in [0.3, 0.4) is 0 Å². The van der Waals surface area contributed by atoms with E-state index < -0.39 is 0 Å². The number of carbonyl (C=O) groups is 1. The molecule has 1 aromatic carbocycles. The molecule has 0 saturated heterocycles. The number of nitrogens with zero attached hydrogens (tertiary/aromatic N) is 2. The highest BCUT2D eigenvalue weighted by atomic mass is 35.5. The minimum Gasteiger partial charge on any atom is -0.411 e. The quantitative estimate of drug-likeness (QED) is 0.406. The van der Waals surface area contributed by atoms with Crippen molar-refractivity contribution in [1.82, 2.24) is 4.98 Å². The molecule has 6 heteroatoms. The maximum atomic E-state index is 10.7. The van der Waals surface area contributed by atoms with Gasteiger partial charge in [-0.25, -0.2) is 0 Å².